The van der Waals surface area contributed by atoms with Gasteiger partial charge in [0.2, 0.25) is 11.9 Å². The van der Waals surface area contributed by atoms with Crippen LogP contribution in [-0.4, -0.2) is 28.2 Å². The van der Waals surface area contributed by atoms with E-state index < -0.39 is 29.8 Å². The predicted molar refractivity (Wildman–Crippen MR) is 61.6 cm³/mol. The summed E-state index contributed by atoms with van der Waals surface area (Å²) < 4.78 is 43.7. The normalized spacial score (nSPS) is 10.4. The molecule has 2 aromatic rings. The number of carbonyl (C=O) groups excluding carboxylic acids is 1. The highest BCUT2D eigenvalue weighted by Crippen LogP contribution is 2.15. The molecular formula is C11H9F3N4O2. The summed E-state index contributed by atoms with van der Waals surface area (Å²) in [4.78, 5) is 15.3. The first-order valence-corrected chi connectivity index (χ1v) is 5.39. The van der Waals surface area contributed by atoms with Crippen LogP contribution in [0.5, 0.6) is 6.01 Å². The van der Waals surface area contributed by atoms with Gasteiger partial charge in [-0.25, -0.2) is 18.3 Å². The number of rotatable bonds is 4. The number of amides is 1. The largest absolute Gasteiger partial charge is 0.466 e. The molecule has 20 heavy (non-hydrogen) atoms. The molecule has 0 spiro atoms. The molecule has 0 bridgehead atoms. The van der Waals surface area contributed by atoms with Crippen molar-refractivity contribution in [3.8, 4) is 6.01 Å². The number of nitrogens with one attached hydrogen (secondary N) is 2. The molecule has 0 aliphatic heterocycles. The number of hydrogen-bond donors (Lipinski definition) is 2. The van der Waals surface area contributed by atoms with Gasteiger partial charge in [0.25, 0.3) is 0 Å². The van der Waals surface area contributed by atoms with Crippen LogP contribution >= 0.6 is 0 Å². The number of ether oxygens (including phenoxy) is 1. The van der Waals surface area contributed by atoms with Gasteiger partial charge in [-0.2, -0.15) is 4.98 Å². The Kier molecular flexibility index (Phi) is 3.87. The number of nitrogens with zero attached hydrogens (tertiary/aromatic N) is 2. The Hall–Kier alpha value is -2.58. The molecule has 6 nitrogen and oxygen atoms in total. The topological polar surface area (TPSA) is 79.9 Å². The van der Waals surface area contributed by atoms with Gasteiger partial charge in [0.05, 0.1) is 13.5 Å². The average Bonchev–Trinajstić information content (AvgIpc) is 2.83. The summed E-state index contributed by atoms with van der Waals surface area (Å²) in [5.74, 6) is -4.22. The summed E-state index contributed by atoms with van der Waals surface area (Å²) >= 11 is 0. The molecule has 0 atom stereocenters. The van der Waals surface area contributed by atoms with Gasteiger partial charge in [0.15, 0.2) is 11.6 Å². The highest BCUT2D eigenvalue weighted by atomic mass is 19.2. The van der Waals surface area contributed by atoms with Gasteiger partial charge in [0.1, 0.15) is 5.82 Å². The van der Waals surface area contributed by atoms with Crippen molar-refractivity contribution < 1.29 is 22.7 Å². The summed E-state index contributed by atoms with van der Waals surface area (Å²) in [5, 5.41) is 8.22. The third-order valence-electron chi connectivity index (χ3n) is 2.35. The fourth-order valence-corrected chi connectivity index (χ4v) is 1.44. The van der Waals surface area contributed by atoms with E-state index in [1.807, 2.05) is 0 Å². The van der Waals surface area contributed by atoms with Crippen molar-refractivity contribution in [2.24, 2.45) is 0 Å². The zero-order valence-corrected chi connectivity index (χ0v) is 10.2. The number of carbonyl (C=O) groups is 1. The van der Waals surface area contributed by atoms with Gasteiger partial charge < -0.3 is 4.74 Å². The van der Waals surface area contributed by atoms with Gasteiger partial charge >= 0.3 is 6.01 Å². The predicted octanol–water partition coefficient (Wildman–Crippen LogP) is 1.41. The molecule has 1 amide bonds. The molecule has 0 fully saturated rings. The molecule has 1 aromatic carbocycles. The lowest BCUT2D eigenvalue weighted by Crippen LogP contribution is -2.16. The van der Waals surface area contributed by atoms with Gasteiger partial charge in [0, 0.05) is 11.6 Å². The Morgan fingerprint density at radius 2 is 2.00 bits per heavy atom. The van der Waals surface area contributed by atoms with Crippen molar-refractivity contribution >= 4 is 11.9 Å². The van der Waals surface area contributed by atoms with E-state index in [4.69, 9.17) is 0 Å². The smallest absolute Gasteiger partial charge is 0.336 e. The molecule has 1 heterocycles. The summed E-state index contributed by atoms with van der Waals surface area (Å²) in [6.07, 6.45) is -0.480. The second kappa shape index (κ2) is 5.59. The second-order valence-corrected chi connectivity index (χ2v) is 3.75. The molecule has 0 saturated carbocycles. The molecule has 0 aliphatic rings. The molecule has 9 heteroatoms. The first-order chi connectivity index (χ1) is 9.49. The van der Waals surface area contributed by atoms with E-state index in [0.29, 0.717) is 12.1 Å². The SMILES string of the molecule is COc1n[nH]c(NC(=O)Cc2cc(F)c(F)cc2F)n1. The first kappa shape index (κ1) is 13.8. The van der Waals surface area contributed by atoms with Gasteiger partial charge in [-0.3, -0.25) is 10.1 Å². The van der Waals surface area contributed by atoms with Crippen molar-refractivity contribution in [3.05, 3.63) is 35.1 Å². The van der Waals surface area contributed by atoms with Gasteiger partial charge in [-0.05, 0) is 6.07 Å². The summed E-state index contributed by atoms with van der Waals surface area (Å²) in [6, 6.07) is 1.03. The van der Waals surface area contributed by atoms with Crippen LogP contribution in [0, 0.1) is 17.5 Å². The standard InChI is InChI=1S/C11H9F3N4O2/c1-20-11-16-10(17-18-11)15-9(19)3-5-2-7(13)8(14)4-6(5)12/h2,4H,3H2,1H3,(H2,15,16,17,18,19). The fraction of sp³-hybridized carbons (Fsp3) is 0.182. The maximum atomic E-state index is 13.3. The third kappa shape index (κ3) is 3.05. The minimum absolute atomic E-state index is 0.00478. The number of anilines is 1. The first-order valence-electron chi connectivity index (χ1n) is 5.39. The lowest BCUT2D eigenvalue weighted by atomic mass is 10.1. The molecule has 1 aromatic heterocycles. The van der Waals surface area contributed by atoms with E-state index in [1.54, 1.807) is 0 Å². The molecule has 0 radical (unpaired) electrons. The number of methoxy groups -OCH3 is 1. The van der Waals surface area contributed by atoms with Crippen LogP contribution in [0.4, 0.5) is 19.1 Å². The van der Waals surface area contributed by atoms with Crippen LogP contribution in [-0.2, 0) is 11.2 Å². The highest BCUT2D eigenvalue weighted by Gasteiger charge is 2.14. The van der Waals surface area contributed by atoms with E-state index in [-0.39, 0.29) is 17.5 Å². The zero-order valence-electron chi connectivity index (χ0n) is 10.2. The fourth-order valence-electron chi connectivity index (χ4n) is 1.44. The van der Waals surface area contributed by atoms with Crippen LogP contribution < -0.4 is 10.1 Å². The van der Waals surface area contributed by atoms with E-state index in [1.165, 1.54) is 7.11 Å². The summed E-state index contributed by atoms with van der Waals surface area (Å²) in [6.45, 7) is 0. The number of benzene rings is 1. The number of halogens is 3. The quantitative estimate of drug-likeness (QED) is 0.833. The monoisotopic (exact) mass is 286 g/mol. The molecule has 106 valence electrons. The number of H-pyrrole nitrogens is 1. The number of aromatic amines is 1. The van der Waals surface area contributed by atoms with Crippen molar-refractivity contribution in [3.63, 3.8) is 0 Å². The minimum atomic E-state index is -1.31. The Balaban J connectivity index is 2.06. The molecule has 0 unspecified atom stereocenters. The number of hydrogen-bond acceptors (Lipinski definition) is 4. The van der Waals surface area contributed by atoms with Crippen LogP contribution in [0.1, 0.15) is 5.56 Å². The molecule has 0 saturated heterocycles. The van der Waals surface area contributed by atoms with Gasteiger partial charge in [-0.15, -0.1) is 5.10 Å². The third-order valence-corrected chi connectivity index (χ3v) is 2.35. The average molecular weight is 286 g/mol. The van der Waals surface area contributed by atoms with Gasteiger partial charge in [-0.1, -0.05) is 0 Å². The Bertz CT molecular complexity index is 645. The maximum Gasteiger partial charge on any atom is 0.336 e. The Labute approximate surface area is 111 Å². The van der Waals surface area contributed by atoms with E-state index >= 15 is 0 Å². The Morgan fingerprint density at radius 1 is 1.30 bits per heavy atom. The van der Waals surface area contributed by atoms with Crippen LogP contribution in [0.15, 0.2) is 12.1 Å². The van der Waals surface area contributed by atoms with E-state index in [0.717, 1.165) is 0 Å². The zero-order chi connectivity index (χ0) is 14.7. The second-order valence-electron chi connectivity index (χ2n) is 3.75. The van der Waals surface area contributed by atoms with Crippen molar-refractivity contribution in [1.82, 2.24) is 15.2 Å². The van der Waals surface area contributed by atoms with E-state index in [9.17, 15) is 18.0 Å². The maximum absolute atomic E-state index is 13.3. The molecular weight excluding hydrogens is 277 g/mol. The lowest BCUT2D eigenvalue weighted by Gasteiger charge is -2.04. The lowest BCUT2D eigenvalue weighted by molar-refractivity contribution is -0.115. The highest BCUT2D eigenvalue weighted by molar-refractivity contribution is 5.90. The van der Waals surface area contributed by atoms with Crippen molar-refractivity contribution in [1.29, 1.82) is 0 Å². The molecule has 2 N–H and O–H groups in total. The number of aromatic nitrogens is 3. The van der Waals surface area contributed by atoms with E-state index in [2.05, 4.69) is 25.2 Å². The van der Waals surface area contributed by atoms with Crippen molar-refractivity contribution in [2.75, 3.05) is 12.4 Å². The molecule has 2 rings (SSSR count). The van der Waals surface area contributed by atoms with Crippen LogP contribution in [0.25, 0.3) is 0 Å². The van der Waals surface area contributed by atoms with Crippen LogP contribution in [0.2, 0.25) is 0 Å². The Morgan fingerprint density at radius 3 is 2.65 bits per heavy atom. The summed E-state index contributed by atoms with van der Waals surface area (Å²) in [5.41, 5.74) is -0.270. The van der Waals surface area contributed by atoms with Crippen molar-refractivity contribution in [2.45, 2.75) is 6.42 Å². The molecule has 0 aliphatic carbocycles. The van der Waals surface area contributed by atoms with Crippen LogP contribution in [0.3, 0.4) is 0 Å². The minimum Gasteiger partial charge on any atom is -0.466 e. The summed E-state index contributed by atoms with van der Waals surface area (Å²) in [7, 11) is 1.34.